The third-order valence-corrected chi connectivity index (χ3v) is 1.80. The second kappa shape index (κ2) is 1.76. The second-order valence-corrected chi connectivity index (χ2v) is 2.45. The van der Waals surface area contributed by atoms with Gasteiger partial charge >= 0.3 is 0 Å². The van der Waals surface area contributed by atoms with E-state index in [2.05, 4.69) is 12.0 Å². The van der Waals surface area contributed by atoms with Gasteiger partial charge in [0.05, 0.1) is 10.9 Å². The molecule has 0 radical (unpaired) electrons. The van der Waals surface area contributed by atoms with Gasteiger partial charge in [0.2, 0.25) is 0 Å². The summed E-state index contributed by atoms with van der Waals surface area (Å²) in [7, 11) is 1.96. The van der Waals surface area contributed by atoms with Crippen LogP contribution in [-0.2, 0) is 0 Å². The zero-order valence-corrected chi connectivity index (χ0v) is 5.09. The van der Waals surface area contributed by atoms with Gasteiger partial charge in [-0.3, -0.25) is 0 Å². The van der Waals surface area contributed by atoms with E-state index in [9.17, 15) is 0 Å². The highest BCUT2D eigenvalue weighted by Gasteiger charge is 2.07. The molecule has 0 aromatic carbocycles. The van der Waals surface area contributed by atoms with Crippen LogP contribution < -0.4 is 5.43 Å². The third kappa shape index (κ3) is 0.894. The van der Waals surface area contributed by atoms with Gasteiger partial charge in [0.15, 0.2) is 0 Å². The van der Waals surface area contributed by atoms with Crippen LogP contribution in [0.1, 0.15) is 0 Å². The number of hydrazine groups is 1. The Morgan fingerprint density at radius 2 is 2.71 bits per heavy atom. The molecule has 7 heavy (non-hydrogen) atoms. The predicted molar refractivity (Wildman–Crippen MR) is 32.5 cm³/mol. The molecule has 1 N–H and O–H groups in total. The van der Waals surface area contributed by atoms with Crippen LogP contribution in [0.4, 0.5) is 0 Å². The number of nitrogens with one attached hydrogen (secondary N) is 1. The van der Waals surface area contributed by atoms with E-state index in [1.165, 1.54) is 0 Å². The summed E-state index contributed by atoms with van der Waals surface area (Å²) >= 11 is 1.73. The molecule has 0 aromatic heterocycles. The first-order valence-corrected chi connectivity index (χ1v) is 3.08. The van der Waals surface area contributed by atoms with Gasteiger partial charge in [-0.1, -0.05) is 18.3 Å². The Hall–Kier alpha value is -0.150. The van der Waals surface area contributed by atoms with Gasteiger partial charge in [0.1, 0.15) is 0 Å². The van der Waals surface area contributed by atoms with Crippen LogP contribution in [0.5, 0.6) is 0 Å². The molecule has 0 bridgehead atoms. The molecule has 1 heterocycles. The van der Waals surface area contributed by atoms with Crippen molar-refractivity contribution in [3.63, 3.8) is 0 Å². The largest absolute Gasteiger partial charge is 0.305 e. The fourth-order valence-corrected chi connectivity index (χ4v) is 1.08. The van der Waals surface area contributed by atoms with Gasteiger partial charge in [0, 0.05) is 7.05 Å². The van der Waals surface area contributed by atoms with Gasteiger partial charge in [-0.2, -0.15) is 0 Å². The molecule has 40 valence electrons. The van der Waals surface area contributed by atoms with E-state index in [0.29, 0.717) is 0 Å². The van der Waals surface area contributed by atoms with Gasteiger partial charge < -0.3 is 5.01 Å². The van der Waals surface area contributed by atoms with Gasteiger partial charge in [0.25, 0.3) is 0 Å². The molecule has 0 unspecified atom stereocenters. The summed E-state index contributed by atoms with van der Waals surface area (Å²) in [4.78, 5) is 0. The van der Waals surface area contributed by atoms with Crippen molar-refractivity contribution in [2.45, 2.75) is 0 Å². The number of thioether (sulfide) groups is 1. The lowest BCUT2D eigenvalue weighted by atomic mass is 10.9. The minimum Gasteiger partial charge on any atom is -0.305 e. The monoisotopic (exact) mass is 116 g/mol. The number of rotatable bonds is 0. The highest BCUT2D eigenvalue weighted by molar-refractivity contribution is 8.03. The molecule has 1 fully saturated rings. The quantitative estimate of drug-likeness (QED) is 0.499. The van der Waals surface area contributed by atoms with E-state index in [1.54, 1.807) is 11.8 Å². The summed E-state index contributed by atoms with van der Waals surface area (Å²) in [6.07, 6.45) is 0. The fraction of sp³-hybridized carbons (Fsp3) is 0.500. The summed E-state index contributed by atoms with van der Waals surface area (Å²) in [6.45, 7) is 3.76. The minimum atomic E-state index is 0.968. The Balaban J connectivity index is 2.48. The summed E-state index contributed by atoms with van der Waals surface area (Å²) in [5.74, 6) is 0.968. The molecule has 0 amide bonds. The van der Waals surface area contributed by atoms with Crippen molar-refractivity contribution in [1.82, 2.24) is 10.4 Å². The van der Waals surface area contributed by atoms with Crippen molar-refractivity contribution in [2.24, 2.45) is 0 Å². The van der Waals surface area contributed by atoms with Crippen molar-refractivity contribution >= 4 is 11.8 Å². The average molecular weight is 116 g/mol. The first kappa shape index (κ1) is 5.00. The molecular formula is C4H8N2S. The topological polar surface area (TPSA) is 15.3 Å². The Labute approximate surface area is 47.5 Å². The molecule has 0 atom stereocenters. The average Bonchev–Trinajstić information content (AvgIpc) is 1.91. The normalized spacial score (nSPS) is 21.3. The van der Waals surface area contributed by atoms with Crippen LogP contribution in [0.15, 0.2) is 11.6 Å². The molecule has 1 saturated heterocycles. The third-order valence-electron chi connectivity index (χ3n) is 0.915. The van der Waals surface area contributed by atoms with Crippen LogP contribution in [0.25, 0.3) is 0 Å². The summed E-state index contributed by atoms with van der Waals surface area (Å²) < 4.78 is 0. The van der Waals surface area contributed by atoms with Crippen LogP contribution in [0, 0.1) is 0 Å². The summed E-state index contributed by atoms with van der Waals surface area (Å²) in [5.41, 5.74) is 3.07. The number of hydrogen-bond donors (Lipinski definition) is 1. The molecule has 0 aromatic rings. The Bertz CT molecular complexity index is 91.7. The lowest BCUT2D eigenvalue weighted by Crippen LogP contribution is -2.24. The SMILES string of the molecule is C=C1SCNN1C. The number of hydrogen-bond acceptors (Lipinski definition) is 3. The highest BCUT2D eigenvalue weighted by Crippen LogP contribution is 2.18. The van der Waals surface area contributed by atoms with Crippen LogP contribution in [-0.4, -0.2) is 17.9 Å². The van der Waals surface area contributed by atoms with Gasteiger partial charge in [-0.25, -0.2) is 5.43 Å². The number of nitrogens with zero attached hydrogens (tertiary/aromatic N) is 1. The smallest absolute Gasteiger partial charge is 0.0788 e. The molecule has 0 spiro atoms. The van der Waals surface area contributed by atoms with Crippen molar-refractivity contribution < 1.29 is 0 Å². The highest BCUT2D eigenvalue weighted by atomic mass is 32.2. The molecule has 0 aliphatic carbocycles. The molecule has 2 nitrogen and oxygen atoms in total. The van der Waals surface area contributed by atoms with Crippen LogP contribution >= 0.6 is 11.8 Å². The van der Waals surface area contributed by atoms with E-state index >= 15 is 0 Å². The molecular weight excluding hydrogens is 108 g/mol. The maximum Gasteiger partial charge on any atom is 0.0788 e. The first-order chi connectivity index (χ1) is 3.30. The van der Waals surface area contributed by atoms with Crippen LogP contribution in [0.2, 0.25) is 0 Å². The fourth-order valence-electron chi connectivity index (χ4n) is 0.397. The lowest BCUT2D eigenvalue weighted by Gasteiger charge is -2.07. The Morgan fingerprint density at radius 1 is 2.00 bits per heavy atom. The maximum atomic E-state index is 3.76. The van der Waals surface area contributed by atoms with Crippen molar-refractivity contribution in [1.29, 1.82) is 0 Å². The minimum absolute atomic E-state index is 0.968. The zero-order valence-electron chi connectivity index (χ0n) is 4.27. The summed E-state index contributed by atoms with van der Waals surface area (Å²) in [5, 5.41) is 3.02. The summed E-state index contributed by atoms with van der Waals surface area (Å²) in [6, 6.07) is 0. The second-order valence-electron chi connectivity index (χ2n) is 1.40. The van der Waals surface area contributed by atoms with Gasteiger partial charge in [-0.05, 0) is 0 Å². The zero-order chi connectivity index (χ0) is 5.28. The van der Waals surface area contributed by atoms with E-state index in [1.807, 2.05) is 12.1 Å². The Morgan fingerprint density at radius 3 is 2.86 bits per heavy atom. The first-order valence-electron chi connectivity index (χ1n) is 2.09. The van der Waals surface area contributed by atoms with E-state index < -0.39 is 0 Å². The van der Waals surface area contributed by atoms with Gasteiger partial charge in [-0.15, -0.1) is 0 Å². The van der Waals surface area contributed by atoms with Crippen LogP contribution in [0.3, 0.4) is 0 Å². The molecule has 1 aliphatic heterocycles. The standard InChI is InChI=1S/C4H8N2S/c1-4-6(2)5-3-7-4/h5H,1,3H2,2H3. The van der Waals surface area contributed by atoms with Crippen molar-refractivity contribution in [3.8, 4) is 0 Å². The lowest BCUT2D eigenvalue weighted by molar-refractivity contribution is 0.366. The molecule has 1 aliphatic rings. The van der Waals surface area contributed by atoms with Crippen molar-refractivity contribution in [3.05, 3.63) is 11.6 Å². The maximum absolute atomic E-state index is 3.76. The molecule has 3 heteroatoms. The molecule has 0 saturated carbocycles. The van der Waals surface area contributed by atoms with E-state index in [4.69, 9.17) is 0 Å². The van der Waals surface area contributed by atoms with Crippen molar-refractivity contribution in [2.75, 3.05) is 12.9 Å². The molecule has 1 rings (SSSR count). The Kier molecular flexibility index (Phi) is 1.25. The predicted octanol–water partition coefficient (Wildman–Crippen LogP) is 0.598. The van der Waals surface area contributed by atoms with E-state index in [0.717, 1.165) is 10.9 Å². The van der Waals surface area contributed by atoms with E-state index in [-0.39, 0.29) is 0 Å².